The molecule has 0 unspecified atom stereocenters. The molecule has 1 nitrogen and oxygen atoms in total. The molecule has 2 aromatic rings. The smallest absolute Gasteiger partial charge is 0.0673 e. The number of hydrogen-bond donors (Lipinski definition) is 0. The van der Waals surface area contributed by atoms with Crippen molar-refractivity contribution in [1.82, 2.24) is 4.98 Å². The van der Waals surface area contributed by atoms with Gasteiger partial charge in [0.15, 0.2) is 0 Å². The second-order valence-electron chi connectivity index (χ2n) is 7.45. The highest BCUT2D eigenvalue weighted by Crippen LogP contribution is 2.46. The van der Waals surface area contributed by atoms with Crippen molar-refractivity contribution in [3.63, 3.8) is 0 Å². The third-order valence-electron chi connectivity index (χ3n) is 4.51. The number of nitrogens with zero attached hydrogens (tertiary/aromatic N) is 1. The molecule has 0 atom stereocenters. The zero-order valence-electron chi connectivity index (χ0n) is 13.6. The number of allylic oxidation sites excluding steroid dienone is 1. The van der Waals surface area contributed by atoms with Gasteiger partial charge in [-0.2, -0.15) is 0 Å². The minimum absolute atomic E-state index is 0.0140. The normalized spacial score (nSPS) is 16.5. The van der Waals surface area contributed by atoms with Crippen molar-refractivity contribution in [2.75, 3.05) is 0 Å². The van der Waals surface area contributed by atoms with Crippen LogP contribution in [0, 0.1) is 0 Å². The van der Waals surface area contributed by atoms with Gasteiger partial charge in [0.1, 0.15) is 0 Å². The van der Waals surface area contributed by atoms with Crippen molar-refractivity contribution in [3.8, 4) is 0 Å². The Hall–Kier alpha value is -1.89. The van der Waals surface area contributed by atoms with Crippen molar-refractivity contribution in [2.45, 2.75) is 45.4 Å². The molecule has 0 N–H and O–H groups in total. The summed E-state index contributed by atoms with van der Waals surface area (Å²) >= 11 is 0. The van der Waals surface area contributed by atoms with Crippen LogP contribution in [0.5, 0.6) is 0 Å². The Morgan fingerprint density at radius 1 is 1.00 bits per heavy atom. The van der Waals surface area contributed by atoms with Crippen molar-refractivity contribution < 1.29 is 0 Å². The summed E-state index contributed by atoms with van der Waals surface area (Å²) in [4.78, 5) is 4.65. The topological polar surface area (TPSA) is 12.9 Å². The Morgan fingerprint density at radius 3 is 2.38 bits per heavy atom. The van der Waals surface area contributed by atoms with Crippen LogP contribution in [0.1, 0.15) is 57.0 Å². The molecule has 0 spiro atoms. The van der Waals surface area contributed by atoms with E-state index >= 15 is 0 Å². The van der Waals surface area contributed by atoms with E-state index in [1.54, 1.807) is 0 Å². The summed E-state index contributed by atoms with van der Waals surface area (Å²) in [6, 6.07) is 13.0. The molecule has 0 aliphatic heterocycles. The molecule has 3 rings (SSSR count). The van der Waals surface area contributed by atoms with Crippen LogP contribution < -0.4 is 0 Å². The van der Waals surface area contributed by atoms with Crippen molar-refractivity contribution in [3.05, 3.63) is 65.0 Å². The number of aromatic nitrogens is 1. The van der Waals surface area contributed by atoms with Crippen molar-refractivity contribution in [2.24, 2.45) is 0 Å². The van der Waals surface area contributed by atoms with E-state index in [2.05, 4.69) is 82.1 Å². The van der Waals surface area contributed by atoms with Gasteiger partial charge in [0.2, 0.25) is 0 Å². The first kappa shape index (κ1) is 14.1. The van der Waals surface area contributed by atoms with E-state index in [0.29, 0.717) is 0 Å². The maximum atomic E-state index is 4.65. The number of rotatable bonds is 1. The lowest BCUT2D eigenvalue weighted by atomic mass is 9.79. The zero-order chi connectivity index (χ0) is 15.3. The molecule has 1 aliphatic carbocycles. The van der Waals surface area contributed by atoms with Gasteiger partial charge in [-0.25, -0.2) is 0 Å². The standard InChI is InChI=1S/C20H23N/c1-19(2,3)15-10-11-21-18(13-15)17-12-14-8-6-7-9-16(14)20(17,4)5/h6-13H,1-5H3. The van der Waals surface area contributed by atoms with E-state index in [1.165, 1.54) is 22.3 Å². The molecule has 1 heteroatoms. The maximum absolute atomic E-state index is 4.65. The SMILES string of the molecule is CC(C)(C)c1ccnc(C2=Cc3ccccc3C2(C)C)c1. The molecule has 0 saturated heterocycles. The third kappa shape index (κ3) is 2.31. The van der Waals surface area contributed by atoms with E-state index < -0.39 is 0 Å². The van der Waals surface area contributed by atoms with Gasteiger partial charge in [-0.1, -0.05) is 58.9 Å². The highest BCUT2D eigenvalue weighted by molar-refractivity contribution is 5.92. The molecule has 1 aromatic carbocycles. The molecular formula is C20H23N. The fourth-order valence-electron chi connectivity index (χ4n) is 3.11. The molecule has 21 heavy (non-hydrogen) atoms. The predicted molar refractivity (Wildman–Crippen MR) is 90.3 cm³/mol. The van der Waals surface area contributed by atoms with Crippen LogP contribution in [0.4, 0.5) is 0 Å². The lowest BCUT2D eigenvalue weighted by molar-refractivity contribution is 0.588. The Kier molecular flexibility index (Phi) is 3.05. The Balaban J connectivity index is 2.11. The van der Waals surface area contributed by atoms with Crippen molar-refractivity contribution in [1.29, 1.82) is 0 Å². The minimum atomic E-state index is 0.0140. The van der Waals surface area contributed by atoms with Crippen LogP contribution in [0.2, 0.25) is 0 Å². The van der Waals surface area contributed by atoms with Crippen molar-refractivity contribution >= 4 is 11.6 Å². The van der Waals surface area contributed by atoms with E-state index in [9.17, 15) is 0 Å². The zero-order valence-corrected chi connectivity index (χ0v) is 13.6. The monoisotopic (exact) mass is 277 g/mol. The second kappa shape index (κ2) is 4.56. The first-order chi connectivity index (χ1) is 9.80. The molecule has 108 valence electrons. The van der Waals surface area contributed by atoms with Crippen LogP contribution in [-0.4, -0.2) is 4.98 Å². The van der Waals surface area contributed by atoms with Crippen LogP contribution >= 0.6 is 0 Å². The molecule has 1 aromatic heterocycles. The Morgan fingerprint density at radius 2 is 1.71 bits per heavy atom. The number of fused-ring (bicyclic) bond motifs is 1. The predicted octanol–water partition coefficient (Wildman–Crippen LogP) is 5.21. The average molecular weight is 277 g/mol. The lowest BCUT2D eigenvalue weighted by Gasteiger charge is -2.26. The van der Waals surface area contributed by atoms with Gasteiger partial charge in [0.25, 0.3) is 0 Å². The van der Waals surface area contributed by atoms with Gasteiger partial charge in [-0.3, -0.25) is 4.98 Å². The number of hydrogen-bond acceptors (Lipinski definition) is 1. The summed E-state index contributed by atoms with van der Waals surface area (Å²) in [6.45, 7) is 11.3. The summed E-state index contributed by atoms with van der Waals surface area (Å²) in [7, 11) is 0. The van der Waals surface area contributed by atoms with Crippen LogP contribution in [0.25, 0.3) is 11.6 Å². The highest BCUT2D eigenvalue weighted by Gasteiger charge is 2.34. The molecule has 0 amide bonds. The summed E-state index contributed by atoms with van der Waals surface area (Å²) in [6.07, 6.45) is 4.24. The van der Waals surface area contributed by atoms with Gasteiger partial charge in [0.05, 0.1) is 5.69 Å². The van der Waals surface area contributed by atoms with Gasteiger partial charge < -0.3 is 0 Å². The Bertz CT molecular complexity index is 715. The number of benzene rings is 1. The van der Waals surface area contributed by atoms with E-state index in [4.69, 9.17) is 0 Å². The summed E-state index contributed by atoms with van der Waals surface area (Å²) < 4.78 is 0. The highest BCUT2D eigenvalue weighted by atomic mass is 14.7. The molecule has 0 radical (unpaired) electrons. The maximum Gasteiger partial charge on any atom is 0.0673 e. The average Bonchev–Trinajstić information content (AvgIpc) is 2.70. The fourth-order valence-corrected chi connectivity index (χ4v) is 3.11. The third-order valence-corrected chi connectivity index (χ3v) is 4.51. The molecule has 1 heterocycles. The number of pyridine rings is 1. The van der Waals surface area contributed by atoms with Gasteiger partial charge in [0, 0.05) is 11.6 Å². The molecular weight excluding hydrogens is 254 g/mol. The van der Waals surface area contributed by atoms with Crippen LogP contribution in [0.3, 0.4) is 0 Å². The largest absolute Gasteiger partial charge is 0.257 e. The fraction of sp³-hybridized carbons (Fsp3) is 0.350. The lowest BCUT2D eigenvalue weighted by Crippen LogP contribution is -2.18. The van der Waals surface area contributed by atoms with Crippen LogP contribution in [0.15, 0.2) is 42.6 Å². The molecule has 0 fully saturated rings. The van der Waals surface area contributed by atoms with Gasteiger partial charge >= 0.3 is 0 Å². The summed E-state index contributed by atoms with van der Waals surface area (Å²) in [5.41, 5.74) is 6.62. The van der Waals surface area contributed by atoms with Gasteiger partial charge in [-0.15, -0.1) is 0 Å². The van der Waals surface area contributed by atoms with Crippen LogP contribution in [-0.2, 0) is 10.8 Å². The molecule has 0 saturated carbocycles. The van der Waals surface area contributed by atoms with Gasteiger partial charge in [-0.05, 0) is 45.9 Å². The first-order valence-electron chi connectivity index (χ1n) is 7.59. The first-order valence-corrected chi connectivity index (χ1v) is 7.59. The molecule has 1 aliphatic rings. The van der Waals surface area contributed by atoms with E-state index in [0.717, 1.165) is 5.69 Å². The quantitative estimate of drug-likeness (QED) is 0.697. The summed E-state index contributed by atoms with van der Waals surface area (Å²) in [5, 5.41) is 0. The minimum Gasteiger partial charge on any atom is -0.257 e. The van der Waals surface area contributed by atoms with E-state index in [-0.39, 0.29) is 10.8 Å². The second-order valence-corrected chi connectivity index (χ2v) is 7.45. The Labute approximate surface area is 127 Å². The van der Waals surface area contributed by atoms with E-state index in [1.807, 2.05) is 6.20 Å². The summed E-state index contributed by atoms with van der Waals surface area (Å²) in [5.74, 6) is 0. The molecule has 0 bridgehead atoms.